The molecule has 248 valence electrons. The summed E-state index contributed by atoms with van der Waals surface area (Å²) >= 11 is 0. The average molecular weight is 614 g/mol. The number of rotatable bonds is 9. The fraction of sp³-hybridized carbons (Fsp3) is 0.605. The largest absolute Gasteiger partial charge is 0.357 e. The van der Waals surface area contributed by atoms with Gasteiger partial charge in [-0.3, -0.25) is 4.79 Å². The van der Waals surface area contributed by atoms with E-state index in [9.17, 15) is 13.6 Å². The van der Waals surface area contributed by atoms with Gasteiger partial charge in [0, 0.05) is 23.9 Å². The van der Waals surface area contributed by atoms with Crippen LogP contribution in [0.3, 0.4) is 0 Å². The Labute approximate surface area is 267 Å². The number of allylic oxidation sites excluding steroid dienone is 1. The number of halogens is 2. The van der Waals surface area contributed by atoms with Crippen LogP contribution in [0.2, 0.25) is 0 Å². The van der Waals surface area contributed by atoms with E-state index in [2.05, 4.69) is 81.3 Å². The highest BCUT2D eigenvalue weighted by Crippen LogP contribution is 2.43. The summed E-state index contributed by atoms with van der Waals surface area (Å²) in [7, 11) is 1.50. The standard InChI is InChI=1S/C14H16F2N2O.C13H18.C7H14.C3H8.CH5N/c1-14(15,16)11-3-2-4-12(7-11)18-13(8-17-9-19)10-5-6-10;1-11-7-9-13(10-8-11)12-5-3-2-4-6-12;1-3-6-5-7(6)4-2;1-3-2;1-2/h2-4,7,9,18H,5-6,8H2,1H3,(H,17,19);2-6,11,13H,7-10H2,1H3;6-7H,3-5H2,1-2H3;3H2,1-2H3;2H2,1H3. The third-order valence-electron chi connectivity index (χ3n) is 8.36. The molecule has 2 unspecified atom stereocenters. The zero-order valence-electron chi connectivity index (χ0n) is 28.6. The van der Waals surface area contributed by atoms with Crippen molar-refractivity contribution in [3.63, 3.8) is 0 Å². The molecule has 3 saturated carbocycles. The molecular formula is C38H61F2N3O. The topological polar surface area (TPSA) is 67.1 Å². The molecule has 44 heavy (non-hydrogen) atoms. The van der Waals surface area contributed by atoms with Gasteiger partial charge < -0.3 is 16.4 Å². The summed E-state index contributed by atoms with van der Waals surface area (Å²) in [5.74, 6) is 1.18. The molecule has 2 aromatic rings. The number of carbonyl (C=O) groups excluding carboxylic acids is 1. The van der Waals surface area contributed by atoms with Gasteiger partial charge in [0.1, 0.15) is 0 Å². The maximum Gasteiger partial charge on any atom is 0.270 e. The highest BCUT2D eigenvalue weighted by atomic mass is 19.3. The van der Waals surface area contributed by atoms with Gasteiger partial charge in [0.25, 0.3) is 5.92 Å². The lowest BCUT2D eigenvalue weighted by atomic mass is 9.79. The Bertz CT molecular complexity index is 1050. The molecule has 2 atom stereocenters. The zero-order chi connectivity index (χ0) is 33.0. The number of carbonyl (C=O) groups is 1. The molecule has 3 fully saturated rings. The van der Waals surface area contributed by atoms with Crippen LogP contribution in [0.4, 0.5) is 14.5 Å². The number of nitrogens with two attached hydrogens (primary N) is 1. The molecule has 2 aromatic carbocycles. The summed E-state index contributed by atoms with van der Waals surface area (Å²) in [6.45, 7) is 12.5. The Morgan fingerprint density at radius 2 is 1.48 bits per heavy atom. The molecule has 0 spiro atoms. The van der Waals surface area contributed by atoms with Gasteiger partial charge >= 0.3 is 0 Å². The number of nitrogens with one attached hydrogen (secondary N) is 2. The van der Waals surface area contributed by atoms with Gasteiger partial charge in [0.05, 0.1) is 6.54 Å². The van der Waals surface area contributed by atoms with Crippen LogP contribution in [0.15, 0.2) is 65.9 Å². The van der Waals surface area contributed by atoms with E-state index in [1.165, 1.54) is 76.1 Å². The molecule has 0 aliphatic heterocycles. The molecule has 5 rings (SSSR count). The molecule has 0 bridgehead atoms. The van der Waals surface area contributed by atoms with Crippen molar-refractivity contribution in [2.24, 2.45) is 23.5 Å². The number of benzene rings is 2. The van der Waals surface area contributed by atoms with Crippen molar-refractivity contribution in [1.29, 1.82) is 0 Å². The summed E-state index contributed by atoms with van der Waals surface area (Å²) in [4.78, 5) is 10.3. The zero-order valence-corrected chi connectivity index (χ0v) is 28.6. The lowest BCUT2D eigenvalue weighted by Crippen LogP contribution is -2.19. The van der Waals surface area contributed by atoms with E-state index < -0.39 is 5.92 Å². The molecule has 0 heterocycles. The van der Waals surface area contributed by atoms with E-state index in [0.717, 1.165) is 49.1 Å². The molecule has 6 heteroatoms. The summed E-state index contributed by atoms with van der Waals surface area (Å²) in [5, 5.41) is 5.70. The van der Waals surface area contributed by atoms with Crippen molar-refractivity contribution >= 4 is 12.1 Å². The highest BCUT2D eigenvalue weighted by Gasteiger charge is 2.32. The van der Waals surface area contributed by atoms with Gasteiger partial charge in [-0.05, 0) is 86.1 Å². The van der Waals surface area contributed by atoms with Gasteiger partial charge in [0.2, 0.25) is 6.41 Å². The SMILES string of the molecule is CC(F)(F)c1cccc(NC(CNC=O)=C2CC2)c1.CC1CCC(c2ccccc2)CC1.CCC.CCC1CC1CC.CN. The minimum Gasteiger partial charge on any atom is -0.357 e. The molecule has 0 aromatic heterocycles. The summed E-state index contributed by atoms with van der Waals surface area (Å²) < 4.78 is 26.5. The monoisotopic (exact) mass is 613 g/mol. The molecule has 1 amide bonds. The van der Waals surface area contributed by atoms with Crippen molar-refractivity contribution < 1.29 is 13.6 Å². The van der Waals surface area contributed by atoms with E-state index in [4.69, 9.17) is 0 Å². The number of anilines is 1. The fourth-order valence-corrected chi connectivity index (χ4v) is 5.44. The first-order valence-corrected chi connectivity index (χ1v) is 16.9. The van der Waals surface area contributed by atoms with Crippen LogP contribution < -0.4 is 16.4 Å². The van der Waals surface area contributed by atoms with E-state index in [1.54, 1.807) is 17.7 Å². The van der Waals surface area contributed by atoms with Gasteiger partial charge in [-0.1, -0.05) is 109 Å². The van der Waals surface area contributed by atoms with Crippen LogP contribution in [0.5, 0.6) is 0 Å². The fourth-order valence-electron chi connectivity index (χ4n) is 5.44. The van der Waals surface area contributed by atoms with E-state index in [-0.39, 0.29) is 5.56 Å². The maximum absolute atomic E-state index is 13.2. The Kier molecular flexibility index (Phi) is 19.5. The number of hydrogen-bond donors (Lipinski definition) is 3. The summed E-state index contributed by atoms with van der Waals surface area (Å²) in [6, 6.07) is 17.1. The van der Waals surface area contributed by atoms with E-state index in [1.807, 2.05) is 0 Å². The number of hydrogen-bond acceptors (Lipinski definition) is 3. The second-order valence-corrected chi connectivity index (χ2v) is 12.3. The van der Waals surface area contributed by atoms with Gasteiger partial charge in [0.15, 0.2) is 0 Å². The Hall–Kier alpha value is -2.73. The van der Waals surface area contributed by atoms with Crippen LogP contribution >= 0.6 is 0 Å². The van der Waals surface area contributed by atoms with Crippen LogP contribution in [0, 0.1) is 17.8 Å². The number of alkyl halides is 2. The molecule has 3 aliphatic carbocycles. The molecule has 0 saturated heterocycles. The van der Waals surface area contributed by atoms with Crippen molar-refractivity contribution in [2.45, 2.75) is 118 Å². The Morgan fingerprint density at radius 3 is 1.93 bits per heavy atom. The molecule has 0 radical (unpaired) electrons. The predicted molar refractivity (Wildman–Crippen MR) is 185 cm³/mol. The van der Waals surface area contributed by atoms with Crippen molar-refractivity contribution in [3.8, 4) is 0 Å². The smallest absolute Gasteiger partial charge is 0.270 e. The third kappa shape index (κ3) is 15.8. The number of amides is 1. The van der Waals surface area contributed by atoms with Crippen molar-refractivity contribution in [3.05, 3.63) is 77.0 Å². The maximum atomic E-state index is 13.2. The Morgan fingerprint density at radius 1 is 0.909 bits per heavy atom. The van der Waals surface area contributed by atoms with Crippen LogP contribution in [0.25, 0.3) is 0 Å². The minimum atomic E-state index is -2.86. The Balaban J connectivity index is 0.000000333. The molecule has 4 N–H and O–H groups in total. The lowest BCUT2D eigenvalue weighted by Gasteiger charge is -2.26. The van der Waals surface area contributed by atoms with Crippen LogP contribution in [-0.2, 0) is 10.7 Å². The second-order valence-electron chi connectivity index (χ2n) is 12.3. The second kappa shape index (κ2) is 21.9. The summed E-state index contributed by atoms with van der Waals surface area (Å²) in [6.07, 6.45) is 13.8. The summed E-state index contributed by atoms with van der Waals surface area (Å²) in [5.41, 5.74) is 8.75. The first kappa shape index (κ1) is 39.3. The third-order valence-corrected chi connectivity index (χ3v) is 8.36. The average Bonchev–Trinajstić information content (AvgIpc) is 3.97. The highest BCUT2D eigenvalue weighted by molar-refractivity contribution is 5.55. The quantitative estimate of drug-likeness (QED) is 0.247. The predicted octanol–water partition coefficient (Wildman–Crippen LogP) is 10.4. The van der Waals surface area contributed by atoms with Crippen molar-refractivity contribution in [1.82, 2.24) is 5.32 Å². The first-order valence-electron chi connectivity index (χ1n) is 16.9. The van der Waals surface area contributed by atoms with Crippen molar-refractivity contribution in [2.75, 3.05) is 18.9 Å². The molecule has 3 aliphatic rings. The first-order chi connectivity index (χ1) is 21.2. The van der Waals surface area contributed by atoms with E-state index >= 15 is 0 Å². The van der Waals surface area contributed by atoms with E-state index in [0.29, 0.717) is 18.6 Å². The molecule has 4 nitrogen and oxygen atoms in total. The normalized spacial score (nSPS) is 21.2. The minimum absolute atomic E-state index is 0.0269. The van der Waals surface area contributed by atoms with Crippen LogP contribution in [0.1, 0.15) is 123 Å². The van der Waals surface area contributed by atoms with Gasteiger partial charge in [-0.2, -0.15) is 0 Å². The lowest BCUT2D eigenvalue weighted by molar-refractivity contribution is -0.109. The van der Waals surface area contributed by atoms with Gasteiger partial charge in [-0.25, -0.2) is 8.78 Å². The van der Waals surface area contributed by atoms with Crippen LogP contribution in [-0.4, -0.2) is 20.0 Å². The molecular weight excluding hydrogens is 552 g/mol. The van der Waals surface area contributed by atoms with Gasteiger partial charge in [-0.15, -0.1) is 0 Å².